The smallest absolute Gasteiger partial charge is 0.253 e. The van der Waals surface area contributed by atoms with Crippen LogP contribution in [0.25, 0.3) is 0 Å². The molecule has 22 heavy (non-hydrogen) atoms. The number of piperidine rings is 1. The molecule has 1 aliphatic rings. The molecule has 122 valence electrons. The van der Waals surface area contributed by atoms with Crippen LogP contribution in [-0.4, -0.2) is 48.7 Å². The Morgan fingerprint density at radius 3 is 2.82 bits per heavy atom. The summed E-state index contributed by atoms with van der Waals surface area (Å²) in [5, 5.41) is 13.2. The number of aliphatic hydroxyl groups is 1. The predicted octanol–water partition coefficient (Wildman–Crippen LogP) is 1.72. The lowest BCUT2D eigenvalue weighted by molar-refractivity contribution is -0.130. The molecule has 1 fully saturated rings. The van der Waals surface area contributed by atoms with Crippen molar-refractivity contribution >= 4 is 5.91 Å². The van der Waals surface area contributed by atoms with E-state index >= 15 is 0 Å². The minimum Gasteiger partial charge on any atom is -0.497 e. The van der Waals surface area contributed by atoms with Crippen molar-refractivity contribution in [3.63, 3.8) is 0 Å². The third-order valence-corrected chi connectivity index (χ3v) is 4.13. The van der Waals surface area contributed by atoms with Gasteiger partial charge in [0, 0.05) is 19.1 Å². The van der Waals surface area contributed by atoms with Crippen LogP contribution in [0.5, 0.6) is 5.75 Å². The average molecular weight is 306 g/mol. The number of aliphatic hydroxyl groups excluding tert-OH is 1. The number of amides is 1. The summed E-state index contributed by atoms with van der Waals surface area (Å²) < 4.78 is 5.12. The summed E-state index contributed by atoms with van der Waals surface area (Å²) in [6.45, 7) is 5.31. The van der Waals surface area contributed by atoms with Gasteiger partial charge >= 0.3 is 0 Å². The third-order valence-electron chi connectivity index (χ3n) is 4.13. The lowest BCUT2D eigenvalue weighted by Crippen LogP contribution is -2.46. The number of carbonyl (C=O) groups is 1. The SMILES string of the molecule is CCCN1CCC(NC(=O)C(O)c2cccc(OC)c2)CC1. The van der Waals surface area contributed by atoms with E-state index in [4.69, 9.17) is 4.74 Å². The van der Waals surface area contributed by atoms with Crippen molar-refractivity contribution in [2.75, 3.05) is 26.7 Å². The molecule has 1 aromatic rings. The van der Waals surface area contributed by atoms with E-state index in [0.29, 0.717) is 11.3 Å². The van der Waals surface area contributed by atoms with E-state index in [1.807, 2.05) is 0 Å². The number of benzene rings is 1. The number of ether oxygens (including phenoxy) is 1. The van der Waals surface area contributed by atoms with Crippen LogP contribution >= 0.6 is 0 Å². The zero-order chi connectivity index (χ0) is 15.9. The highest BCUT2D eigenvalue weighted by Gasteiger charge is 2.24. The summed E-state index contributed by atoms with van der Waals surface area (Å²) >= 11 is 0. The van der Waals surface area contributed by atoms with E-state index in [2.05, 4.69) is 17.1 Å². The number of hydrogen-bond donors (Lipinski definition) is 2. The van der Waals surface area contributed by atoms with E-state index < -0.39 is 6.10 Å². The fraction of sp³-hybridized carbons (Fsp3) is 0.588. The van der Waals surface area contributed by atoms with Gasteiger partial charge in [0.1, 0.15) is 5.75 Å². The highest BCUT2D eigenvalue weighted by molar-refractivity contribution is 5.82. The number of nitrogens with one attached hydrogen (secondary N) is 1. The summed E-state index contributed by atoms with van der Waals surface area (Å²) in [7, 11) is 1.57. The summed E-state index contributed by atoms with van der Waals surface area (Å²) in [5.74, 6) is 0.305. The van der Waals surface area contributed by atoms with Crippen LogP contribution in [0.3, 0.4) is 0 Å². The summed E-state index contributed by atoms with van der Waals surface area (Å²) in [5.41, 5.74) is 0.556. The van der Waals surface area contributed by atoms with E-state index in [1.54, 1.807) is 31.4 Å². The second kappa shape index (κ2) is 8.15. The summed E-state index contributed by atoms with van der Waals surface area (Å²) in [4.78, 5) is 14.6. The number of nitrogens with zero attached hydrogens (tertiary/aromatic N) is 1. The first-order chi connectivity index (χ1) is 10.6. The number of carbonyl (C=O) groups excluding carboxylic acids is 1. The van der Waals surface area contributed by atoms with Crippen LogP contribution in [0.1, 0.15) is 37.9 Å². The number of methoxy groups -OCH3 is 1. The van der Waals surface area contributed by atoms with Crippen molar-refractivity contribution in [3.8, 4) is 5.75 Å². The standard InChI is InChI=1S/C17H26N2O3/c1-3-9-19-10-7-14(8-11-19)18-17(21)16(20)13-5-4-6-15(12-13)22-2/h4-6,12,14,16,20H,3,7-11H2,1-2H3,(H,18,21). The minimum atomic E-state index is -1.15. The van der Waals surface area contributed by atoms with Crippen molar-refractivity contribution in [1.29, 1.82) is 0 Å². The van der Waals surface area contributed by atoms with Gasteiger partial charge in [-0.2, -0.15) is 0 Å². The molecule has 5 nitrogen and oxygen atoms in total. The molecule has 1 amide bonds. The highest BCUT2D eigenvalue weighted by Crippen LogP contribution is 2.20. The number of rotatable bonds is 6. The Balaban J connectivity index is 1.86. The molecule has 1 aromatic carbocycles. The molecule has 0 aliphatic carbocycles. The van der Waals surface area contributed by atoms with Crippen LogP contribution in [0, 0.1) is 0 Å². The van der Waals surface area contributed by atoms with Gasteiger partial charge in [0.05, 0.1) is 7.11 Å². The first kappa shape index (κ1) is 16.8. The van der Waals surface area contributed by atoms with Crippen LogP contribution in [0.15, 0.2) is 24.3 Å². The Morgan fingerprint density at radius 1 is 1.45 bits per heavy atom. The predicted molar refractivity (Wildman–Crippen MR) is 85.8 cm³/mol. The van der Waals surface area contributed by atoms with Gasteiger partial charge in [-0.05, 0) is 43.5 Å². The van der Waals surface area contributed by atoms with Gasteiger partial charge in [0.25, 0.3) is 5.91 Å². The molecule has 1 atom stereocenters. The van der Waals surface area contributed by atoms with Crippen molar-refractivity contribution in [1.82, 2.24) is 10.2 Å². The molecular formula is C17H26N2O3. The Bertz CT molecular complexity index is 485. The molecule has 0 aromatic heterocycles. The first-order valence-electron chi connectivity index (χ1n) is 7.98. The Kier molecular flexibility index (Phi) is 6.21. The molecule has 1 aliphatic heterocycles. The molecule has 2 N–H and O–H groups in total. The maximum Gasteiger partial charge on any atom is 0.253 e. The van der Waals surface area contributed by atoms with Gasteiger partial charge < -0.3 is 20.1 Å². The normalized spacial score (nSPS) is 18.0. The van der Waals surface area contributed by atoms with Gasteiger partial charge in [-0.15, -0.1) is 0 Å². The summed E-state index contributed by atoms with van der Waals surface area (Å²) in [6.07, 6.45) is 1.89. The molecule has 0 spiro atoms. The number of likely N-dealkylation sites (tertiary alicyclic amines) is 1. The van der Waals surface area contributed by atoms with Crippen LogP contribution in [0.2, 0.25) is 0 Å². The second-order valence-corrected chi connectivity index (χ2v) is 5.80. The van der Waals surface area contributed by atoms with Gasteiger partial charge in [0.15, 0.2) is 6.10 Å². The topological polar surface area (TPSA) is 61.8 Å². The van der Waals surface area contributed by atoms with Crippen molar-refractivity contribution in [2.24, 2.45) is 0 Å². The van der Waals surface area contributed by atoms with Crippen LogP contribution in [0.4, 0.5) is 0 Å². The maximum absolute atomic E-state index is 12.2. The lowest BCUT2D eigenvalue weighted by Gasteiger charge is -2.32. The lowest BCUT2D eigenvalue weighted by atomic mass is 10.0. The average Bonchev–Trinajstić information content (AvgIpc) is 2.56. The fourth-order valence-corrected chi connectivity index (χ4v) is 2.86. The maximum atomic E-state index is 12.2. The first-order valence-corrected chi connectivity index (χ1v) is 7.98. The van der Waals surface area contributed by atoms with Gasteiger partial charge in [-0.3, -0.25) is 4.79 Å². The quantitative estimate of drug-likeness (QED) is 0.840. The molecule has 5 heteroatoms. The molecule has 1 saturated heterocycles. The van der Waals surface area contributed by atoms with Gasteiger partial charge in [-0.25, -0.2) is 0 Å². The van der Waals surface area contributed by atoms with Crippen LogP contribution in [-0.2, 0) is 4.79 Å². The second-order valence-electron chi connectivity index (χ2n) is 5.80. The molecule has 0 bridgehead atoms. The van der Waals surface area contributed by atoms with Crippen molar-refractivity contribution < 1.29 is 14.6 Å². The third kappa shape index (κ3) is 4.45. The Labute approximate surface area is 132 Å². The zero-order valence-corrected chi connectivity index (χ0v) is 13.4. The Hall–Kier alpha value is -1.59. The van der Waals surface area contributed by atoms with Crippen molar-refractivity contribution in [2.45, 2.75) is 38.3 Å². The van der Waals surface area contributed by atoms with E-state index in [0.717, 1.165) is 38.9 Å². The Morgan fingerprint density at radius 2 is 2.18 bits per heavy atom. The molecular weight excluding hydrogens is 280 g/mol. The van der Waals surface area contributed by atoms with E-state index in [9.17, 15) is 9.90 Å². The zero-order valence-electron chi connectivity index (χ0n) is 13.4. The number of hydrogen-bond acceptors (Lipinski definition) is 4. The molecule has 0 saturated carbocycles. The molecule has 2 rings (SSSR count). The molecule has 1 unspecified atom stereocenters. The largest absolute Gasteiger partial charge is 0.497 e. The summed E-state index contributed by atoms with van der Waals surface area (Å²) in [6, 6.07) is 7.14. The molecule has 1 heterocycles. The van der Waals surface area contributed by atoms with Crippen LogP contribution < -0.4 is 10.1 Å². The molecule has 0 radical (unpaired) electrons. The monoisotopic (exact) mass is 306 g/mol. The van der Waals surface area contributed by atoms with Gasteiger partial charge in [0.2, 0.25) is 0 Å². The van der Waals surface area contributed by atoms with Crippen molar-refractivity contribution in [3.05, 3.63) is 29.8 Å². The van der Waals surface area contributed by atoms with E-state index in [1.165, 1.54) is 0 Å². The van der Waals surface area contributed by atoms with Gasteiger partial charge in [-0.1, -0.05) is 19.1 Å². The highest BCUT2D eigenvalue weighted by atomic mass is 16.5. The minimum absolute atomic E-state index is 0.154. The fourth-order valence-electron chi connectivity index (χ4n) is 2.86. The van der Waals surface area contributed by atoms with E-state index in [-0.39, 0.29) is 11.9 Å².